The second kappa shape index (κ2) is 9.14. The largest absolute Gasteiger partial charge is 0.462 e. The molecule has 0 bridgehead atoms. The molecule has 9 heteroatoms. The number of anilines is 1. The van der Waals surface area contributed by atoms with E-state index >= 15 is 0 Å². The lowest BCUT2D eigenvalue weighted by molar-refractivity contribution is -0.113. The van der Waals surface area contributed by atoms with Crippen molar-refractivity contribution in [2.75, 3.05) is 17.7 Å². The molecule has 1 N–H and O–H groups in total. The van der Waals surface area contributed by atoms with E-state index in [-0.39, 0.29) is 18.3 Å². The van der Waals surface area contributed by atoms with Gasteiger partial charge in [0, 0.05) is 0 Å². The number of hydrogen-bond acceptors (Lipinski definition) is 7. The van der Waals surface area contributed by atoms with Crippen LogP contribution >= 0.6 is 11.8 Å². The Hall–Kier alpha value is -3.20. The van der Waals surface area contributed by atoms with Gasteiger partial charge in [-0.25, -0.2) is 4.79 Å². The van der Waals surface area contributed by atoms with Crippen LogP contribution in [0.5, 0.6) is 0 Å². The van der Waals surface area contributed by atoms with Crippen molar-refractivity contribution in [1.29, 1.82) is 0 Å². The molecular weight excluding hydrogens is 378 g/mol. The van der Waals surface area contributed by atoms with Gasteiger partial charge in [0.1, 0.15) is 0 Å². The molecule has 0 unspecified atom stereocenters. The summed E-state index contributed by atoms with van der Waals surface area (Å²) in [5.74, 6) is -0.668. The topological polar surface area (TPSA) is 99.0 Å². The fraction of sp³-hybridized carbons (Fsp3) is 0.211. The van der Waals surface area contributed by atoms with E-state index in [1.165, 1.54) is 11.8 Å². The monoisotopic (exact) mass is 397 g/mol. The van der Waals surface area contributed by atoms with Gasteiger partial charge in [-0.15, -0.1) is 5.10 Å². The first-order valence-electron chi connectivity index (χ1n) is 8.62. The van der Waals surface area contributed by atoms with Crippen LogP contribution in [0.15, 0.2) is 53.7 Å². The maximum absolute atomic E-state index is 12.4. The first-order chi connectivity index (χ1) is 13.6. The first kappa shape index (κ1) is 19.6. The molecule has 2 aromatic carbocycles. The molecule has 0 fully saturated rings. The molecule has 0 aliphatic rings. The highest BCUT2D eigenvalue weighted by atomic mass is 32.2. The number of ether oxygens (including phenoxy) is 1. The maximum atomic E-state index is 12.4. The number of para-hydroxylation sites is 1. The summed E-state index contributed by atoms with van der Waals surface area (Å²) >= 11 is 1.20. The number of hydrogen-bond donors (Lipinski definition) is 1. The zero-order valence-corrected chi connectivity index (χ0v) is 16.3. The molecule has 3 rings (SSSR count). The Morgan fingerprint density at radius 3 is 2.64 bits per heavy atom. The normalized spacial score (nSPS) is 10.5. The third kappa shape index (κ3) is 4.74. The molecule has 3 aromatic rings. The molecule has 0 aliphatic carbocycles. The zero-order valence-electron chi connectivity index (χ0n) is 15.5. The van der Waals surface area contributed by atoms with E-state index in [2.05, 4.69) is 20.8 Å². The Balaban J connectivity index is 1.66. The van der Waals surface area contributed by atoms with Crippen molar-refractivity contribution >= 4 is 29.3 Å². The van der Waals surface area contributed by atoms with Crippen LogP contribution in [-0.4, -0.2) is 44.4 Å². The number of aryl methyl sites for hydroxylation is 1. The van der Waals surface area contributed by atoms with Crippen LogP contribution in [0.25, 0.3) is 5.69 Å². The van der Waals surface area contributed by atoms with E-state index in [0.29, 0.717) is 16.4 Å². The lowest BCUT2D eigenvalue weighted by Gasteiger charge is -2.10. The van der Waals surface area contributed by atoms with Crippen molar-refractivity contribution in [2.24, 2.45) is 0 Å². The number of carbonyl (C=O) groups excluding carboxylic acids is 2. The van der Waals surface area contributed by atoms with Crippen LogP contribution in [0.4, 0.5) is 5.69 Å². The molecule has 1 aromatic heterocycles. The maximum Gasteiger partial charge on any atom is 0.340 e. The number of thioether (sulfide) groups is 1. The van der Waals surface area contributed by atoms with Gasteiger partial charge in [0.15, 0.2) is 0 Å². The van der Waals surface area contributed by atoms with Crippen LogP contribution in [0, 0.1) is 6.92 Å². The van der Waals surface area contributed by atoms with Crippen LogP contribution in [-0.2, 0) is 9.53 Å². The highest BCUT2D eigenvalue weighted by Gasteiger charge is 2.15. The standard InChI is InChI=1S/C19H19N5O3S/c1-3-27-18(26)15-6-4-5-7-16(15)20-17(25)12-28-19-21-22-23-24(19)14-10-8-13(2)9-11-14/h4-11H,3,12H2,1-2H3,(H,20,25). The van der Waals surface area contributed by atoms with Crippen molar-refractivity contribution in [3.8, 4) is 5.69 Å². The molecule has 0 atom stereocenters. The lowest BCUT2D eigenvalue weighted by Crippen LogP contribution is -2.17. The highest BCUT2D eigenvalue weighted by molar-refractivity contribution is 7.99. The van der Waals surface area contributed by atoms with E-state index in [4.69, 9.17) is 4.74 Å². The quantitative estimate of drug-likeness (QED) is 0.483. The molecule has 0 saturated carbocycles. The summed E-state index contributed by atoms with van der Waals surface area (Å²) in [4.78, 5) is 24.4. The van der Waals surface area contributed by atoms with Gasteiger partial charge in [0.2, 0.25) is 11.1 Å². The van der Waals surface area contributed by atoms with Crippen molar-refractivity contribution in [3.05, 3.63) is 59.7 Å². The predicted molar refractivity (Wildman–Crippen MR) is 106 cm³/mol. The van der Waals surface area contributed by atoms with Crippen LogP contribution in [0.2, 0.25) is 0 Å². The second-order valence-electron chi connectivity index (χ2n) is 5.81. The average molecular weight is 397 g/mol. The number of carbonyl (C=O) groups is 2. The molecule has 0 spiro atoms. The number of nitrogens with one attached hydrogen (secondary N) is 1. The van der Waals surface area contributed by atoms with Gasteiger partial charge in [-0.05, 0) is 48.5 Å². The number of esters is 1. The van der Waals surface area contributed by atoms with Gasteiger partial charge in [0.25, 0.3) is 0 Å². The first-order valence-corrected chi connectivity index (χ1v) is 9.61. The van der Waals surface area contributed by atoms with Gasteiger partial charge in [-0.3, -0.25) is 4.79 Å². The van der Waals surface area contributed by atoms with E-state index < -0.39 is 5.97 Å². The SMILES string of the molecule is CCOC(=O)c1ccccc1NC(=O)CSc1nnnn1-c1ccc(C)cc1. The number of rotatable bonds is 7. The minimum Gasteiger partial charge on any atom is -0.462 e. The van der Waals surface area contributed by atoms with E-state index in [1.54, 1.807) is 35.9 Å². The molecule has 28 heavy (non-hydrogen) atoms. The third-order valence-electron chi connectivity index (χ3n) is 3.75. The van der Waals surface area contributed by atoms with Crippen molar-refractivity contribution < 1.29 is 14.3 Å². The van der Waals surface area contributed by atoms with Crippen molar-refractivity contribution in [1.82, 2.24) is 20.2 Å². The summed E-state index contributed by atoms with van der Waals surface area (Å²) in [6.45, 7) is 3.99. The van der Waals surface area contributed by atoms with E-state index in [0.717, 1.165) is 11.3 Å². The molecule has 1 amide bonds. The summed E-state index contributed by atoms with van der Waals surface area (Å²) in [7, 11) is 0. The molecular formula is C19H19N5O3S. The smallest absolute Gasteiger partial charge is 0.340 e. The Labute approximate surface area is 166 Å². The fourth-order valence-corrected chi connectivity index (χ4v) is 3.10. The lowest BCUT2D eigenvalue weighted by atomic mass is 10.2. The second-order valence-corrected chi connectivity index (χ2v) is 6.75. The predicted octanol–water partition coefficient (Wildman–Crippen LogP) is 2.88. The summed E-state index contributed by atoms with van der Waals surface area (Å²) in [5, 5.41) is 14.9. The Bertz CT molecular complexity index is 972. The summed E-state index contributed by atoms with van der Waals surface area (Å²) < 4.78 is 6.59. The van der Waals surface area contributed by atoms with Gasteiger partial charge in [0.05, 0.1) is 29.3 Å². The van der Waals surface area contributed by atoms with Crippen molar-refractivity contribution in [2.45, 2.75) is 19.0 Å². The molecule has 8 nitrogen and oxygen atoms in total. The minimum absolute atomic E-state index is 0.0867. The summed E-state index contributed by atoms with van der Waals surface area (Å²) in [5.41, 5.74) is 2.66. The molecule has 0 radical (unpaired) electrons. The van der Waals surface area contributed by atoms with Gasteiger partial charge < -0.3 is 10.1 Å². The number of tetrazole rings is 1. The molecule has 0 saturated heterocycles. The fourth-order valence-electron chi connectivity index (χ4n) is 2.41. The van der Waals surface area contributed by atoms with Crippen LogP contribution in [0.1, 0.15) is 22.8 Å². The molecule has 144 valence electrons. The van der Waals surface area contributed by atoms with Crippen LogP contribution < -0.4 is 5.32 Å². The van der Waals surface area contributed by atoms with E-state index in [9.17, 15) is 9.59 Å². The molecule has 0 aliphatic heterocycles. The average Bonchev–Trinajstić information content (AvgIpc) is 3.16. The summed E-state index contributed by atoms with van der Waals surface area (Å²) in [6.07, 6.45) is 0. The Morgan fingerprint density at radius 1 is 1.14 bits per heavy atom. The number of aromatic nitrogens is 4. The van der Waals surface area contributed by atoms with Crippen LogP contribution in [0.3, 0.4) is 0 Å². The van der Waals surface area contributed by atoms with Gasteiger partial charge in [-0.1, -0.05) is 41.6 Å². The zero-order chi connectivity index (χ0) is 19.9. The minimum atomic E-state index is -0.477. The van der Waals surface area contributed by atoms with E-state index in [1.807, 2.05) is 31.2 Å². The number of amides is 1. The molecule has 1 heterocycles. The Kier molecular flexibility index (Phi) is 6.38. The van der Waals surface area contributed by atoms with Crippen molar-refractivity contribution in [3.63, 3.8) is 0 Å². The Morgan fingerprint density at radius 2 is 1.89 bits per heavy atom. The number of nitrogens with zero attached hydrogens (tertiary/aromatic N) is 4. The summed E-state index contributed by atoms with van der Waals surface area (Å²) in [6, 6.07) is 14.5. The highest BCUT2D eigenvalue weighted by Crippen LogP contribution is 2.20. The number of benzene rings is 2. The van der Waals surface area contributed by atoms with Gasteiger partial charge >= 0.3 is 5.97 Å². The van der Waals surface area contributed by atoms with Gasteiger partial charge in [-0.2, -0.15) is 4.68 Å². The third-order valence-corrected chi connectivity index (χ3v) is 4.67.